The molecule has 2 heterocycles. The number of nitrogens with two attached hydrogens (primary N) is 1. The summed E-state index contributed by atoms with van der Waals surface area (Å²) in [6, 6.07) is 37.2. The van der Waals surface area contributed by atoms with Crippen LogP contribution in [-0.4, -0.2) is 69.3 Å². The summed E-state index contributed by atoms with van der Waals surface area (Å²) in [6.07, 6.45) is 3.82. The maximum absolute atomic E-state index is 13.4. The topological polar surface area (TPSA) is 139 Å². The van der Waals surface area contributed by atoms with Crippen molar-refractivity contribution >= 4 is 31.0 Å². The minimum Gasteiger partial charge on any atom is -0.487 e. The number of ether oxygens (including phenoxy) is 1. The molecule has 11 heteroatoms. The van der Waals surface area contributed by atoms with E-state index in [0.717, 1.165) is 66.4 Å². The summed E-state index contributed by atoms with van der Waals surface area (Å²) in [7, 11) is -2.18. The van der Waals surface area contributed by atoms with Crippen LogP contribution >= 0.6 is 0 Å². The lowest BCUT2D eigenvalue weighted by Crippen LogP contribution is -2.49. The molecule has 2 amide bonds. The van der Waals surface area contributed by atoms with E-state index in [1.54, 1.807) is 6.07 Å². The second-order valence-electron chi connectivity index (χ2n) is 18.0. The molecular formula is C50H65N5O5Si. The number of carbonyl (C=O) groups is 2. The highest BCUT2D eigenvalue weighted by Gasteiger charge is 2.49. The summed E-state index contributed by atoms with van der Waals surface area (Å²) in [6.45, 7) is 15.9. The van der Waals surface area contributed by atoms with Crippen molar-refractivity contribution in [2.45, 2.75) is 89.1 Å². The number of fused-ring (bicyclic) bond motifs is 1. The number of nitrogens with one attached hydrogen (secondary N) is 3. The highest BCUT2D eigenvalue weighted by molar-refractivity contribution is 6.74. The zero-order chi connectivity index (χ0) is 43.5. The van der Waals surface area contributed by atoms with Crippen LogP contribution in [0.25, 0.3) is 10.9 Å². The summed E-state index contributed by atoms with van der Waals surface area (Å²) in [5, 5.41) is 7.70. The Bertz CT molecular complexity index is 2200. The number of carbonyl (C=O) groups excluding carboxylic acids is 2. The van der Waals surface area contributed by atoms with Crippen LogP contribution in [0.5, 0.6) is 5.75 Å². The summed E-state index contributed by atoms with van der Waals surface area (Å²) in [4.78, 5) is 44.2. The third kappa shape index (κ3) is 11.3. The van der Waals surface area contributed by atoms with Gasteiger partial charge in [0.05, 0.1) is 11.6 Å². The van der Waals surface area contributed by atoms with Gasteiger partial charge in [-0.25, -0.2) is 0 Å². The van der Waals surface area contributed by atoms with Gasteiger partial charge in [-0.3, -0.25) is 14.4 Å². The summed E-state index contributed by atoms with van der Waals surface area (Å²) >= 11 is 0. The van der Waals surface area contributed by atoms with E-state index in [9.17, 15) is 14.4 Å². The van der Waals surface area contributed by atoms with Crippen LogP contribution in [-0.2, 0) is 26.0 Å². The molecule has 2 unspecified atom stereocenters. The number of H-pyrrole nitrogens is 1. The molecule has 2 atom stereocenters. The third-order valence-corrected chi connectivity index (χ3v) is 17.3. The lowest BCUT2D eigenvalue weighted by molar-refractivity contribution is -0.124. The van der Waals surface area contributed by atoms with E-state index in [1.807, 2.05) is 103 Å². The van der Waals surface area contributed by atoms with Crippen molar-refractivity contribution in [1.82, 2.24) is 20.5 Å². The third-order valence-electron chi connectivity index (χ3n) is 12.8. The molecule has 4 aromatic carbocycles. The lowest BCUT2D eigenvalue weighted by Gasteiger charge is -2.39. The lowest BCUT2D eigenvalue weighted by atomic mass is 9.64. The van der Waals surface area contributed by atoms with Crippen molar-refractivity contribution in [3.05, 3.63) is 148 Å². The van der Waals surface area contributed by atoms with Crippen molar-refractivity contribution in [3.63, 3.8) is 0 Å². The molecule has 1 aromatic heterocycles. The molecule has 5 N–H and O–H groups in total. The molecule has 1 aliphatic rings. The molecular weight excluding hydrogens is 779 g/mol. The van der Waals surface area contributed by atoms with Gasteiger partial charge in [-0.05, 0) is 90.8 Å². The number of nitrogens with zero attached hydrogens (tertiary/aromatic N) is 1. The van der Waals surface area contributed by atoms with E-state index >= 15 is 0 Å². The van der Waals surface area contributed by atoms with Gasteiger partial charge >= 0.3 is 0 Å². The fourth-order valence-corrected chi connectivity index (χ4v) is 9.68. The standard InChI is InChI=1S/C50H65N5O5Si/c1-49(2,3)61(4,5)60-44(41-24-26-43(47-42(41)25-27-46(57)54-47)59-36-37-18-10-6-11-19-37)34-52-30-16-9-17-31-53-45(56)29-33-55-32-28-40(35-55)50(48(51)58,38-20-12-7-13-21-38)39-22-14-8-15-23-39/h6-8,10-15,18-27,40,44,52H,9,16-17,28-36H2,1-5H3,(H2,51,58)(H,53,56)(H,54,57). The molecule has 1 saturated heterocycles. The molecule has 0 bridgehead atoms. The Hall–Kier alpha value is -5.07. The first kappa shape index (κ1) is 45.5. The first-order chi connectivity index (χ1) is 29.3. The van der Waals surface area contributed by atoms with Gasteiger partial charge in [-0.2, -0.15) is 0 Å². The average Bonchev–Trinajstić information content (AvgIpc) is 3.72. The maximum Gasteiger partial charge on any atom is 0.248 e. The van der Waals surface area contributed by atoms with Crippen molar-refractivity contribution in [2.75, 3.05) is 39.3 Å². The smallest absolute Gasteiger partial charge is 0.248 e. The Morgan fingerprint density at radius 1 is 0.852 bits per heavy atom. The second kappa shape index (κ2) is 20.7. The van der Waals surface area contributed by atoms with Crippen molar-refractivity contribution in [2.24, 2.45) is 11.7 Å². The molecule has 0 aliphatic carbocycles. The molecule has 324 valence electrons. The normalized spacial score (nSPS) is 15.5. The number of rotatable bonds is 21. The van der Waals surface area contributed by atoms with E-state index in [-0.39, 0.29) is 34.4 Å². The fraction of sp³-hybridized carbons (Fsp3) is 0.420. The molecule has 0 saturated carbocycles. The van der Waals surface area contributed by atoms with Crippen molar-refractivity contribution in [3.8, 4) is 5.75 Å². The van der Waals surface area contributed by atoms with Gasteiger partial charge in [0, 0.05) is 44.1 Å². The van der Waals surface area contributed by atoms with Crippen molar-refractivity contribution in [1.29, 1.82) is 0 Å². The Kier molecular flexibility index (Phi) is 15.4. The van der Waals surface area contributed by atoms with Crippen LogP contribution < -0.4 is 26.7 Å². The minimum atomic E-state index is -2.18. The maximum atomic E-state index is 13.4. The van der Waals surface area contributed by atoms with E-state index in [4.69, 9.17) is 14.9 Å². The number of benzene rings is 4. The molecule has 5 aromatic rings. The van der Waals surface area contributed by atoms with Gasteiger partial charge in [-0.15, -0.1) is 0 Å². The van der Waals surface area contributed by atoms with Gasteiger partial charge in [0.1, 0.15) is 17.8 Å². The quantitative estimate of drug-likeness (QED) is 0.0432. The number of amides is 2. The van der Waals surface area contributed by atoms with E-state index in [0.29, 0.717) is 50.5 Å². The molecule has 1 fully saturated rings. The van der Waals surface area contributed by atoms with Crippen LogP contribution in [0.2, 0.25) is 18.1 Å². The highest BCUT2D eigenvalue weighted by atomic mass is 28.4. The Morgan fingerprint density at radius 2 is 1.49 bits per heavy atom. The number of hydrogen-bond acceptors (Lipinski definition) is 7. The van der Waals surface area contributed by atoms with Crippen LogP contribution in [0, 0.1) is 5.92 Å². The Morgan fingerprint density at radius 3 is 2.13 bits per heavy atom. The van der Waals surface area contributed by atoms with Gasteiger partial charge in [0.2, 0.25) is 17.4 Å². The number of primary amides is 1. The number of aromatic amines is 1. The molecule has 0 spiro atoms. The monoisotopic (exact) mass is 843 g/mol. The Labute approximate surface area is 362 Å². The van der Waals surface area contributed by atoms with Gasteiger partial charge in [0.25, 0.3) is 0 Å². The minimum absolute atomic E-state index is 0.00412. The number of aromatic nitrogens is 1. The van der Waals surface area contributed by atoms with Crippen LogP contribution in [0.3, 0.4) is 0 Å². The Balaban J connectivity index is 0.977. The van der Waals surface area contributed by atoms with Crippen LogP contribution in [0.1, 0.15) is 81.2 Å². The summed E-state index contributed by atoms with van der Waals surface area (Å²) in [5.74, 6) is 0.330. The zero-order valence-electron chi connectivity index (χ0n) is 36.7. The predicted octanol–water partition coefficient (Wildman–Crippen LogP) is 8.23. The van der Waals surface area contributed by atoms with E-state index in [2.05, 4.69) is 60.4 Å². The van der Waals surface area contributed by atoms with Crippen LogP contribution in [0.15, 0.2) is 120 Å². The van der Waals surface area contributed by atoms with Crippen LogP contribution in [0.4, 0.5) is 0 Å². The molecule has 0 radical (unpaired) electrons. The van der Waals surface area contributed by atoms with Gasteiger partial charge in [-0.1, -0.05) is 124 Å². The SMILES string of the molecule is CC(C)(C)[Si](C)(C)OC(CNCCCCCNC(=O)CCN1CCC(C(C(N)=O)(c2ccccc2)c2ccccc2)C1)c1ccc(OCc2ccccc2)c2[nH]c(=O)ccc12. The average molecular weight is 844 g/mol. The van der Waals surface area contributed by atoms with Gasteiger partial charge < -0.3 is 35.4 Å². The number of likely N-dealkylation sites (tertiary alicyclic amines) is 1. The second-order valence-corrected chi connectivity index (χ2v) is 22.7. The number of hydrogen-bond donors (Lipinski definition) is 4. The fourth-order valence-electron chi connectivity index (χ4n) is 8.41. The molecule has 61 heavy (non-hydrogen) atoms. The number of unbranched alkanes of at least 4 members (excludes halogenated alkanes) is 2. The highest BCUT2D eigenvalue weighted by Crippen LogP contribution is 2.44. The predicted molar refractivity (Wildman–Crippen MR) is 248 cm³/mol. The zero-order valence-corrected chi connectivity index (χ0v) is 37.7. The largest absolute Gasteiger partial charge is 0.487 e. The van der Waals surface area contributed by atoms with Crippen molar-refractivity contribution < 1.29 is 18.8 Å². The summed E-state index contributed by atoms with van der Waals surface area (Å²) < 4.78 is 13.3. The van der Waals surface area contributed by atoms with E-state index < -0.39 is 13.7 Å². The number of pyridine rings is 1. The molecule has 1 aliphatic heterocycles. The summed E-state index contributed by atoms with van der Waals surface area (Å²) in [5.41, 5.74) is 9.72. The molecule has 10 nitrogen and oxygen atoms in total. The van der Waals surface area contributed by atoms with E-state index in [1.165, 1.54) is 0 Å². The molecule has 6 rings (SSSR count). The first-order valence-corrected chi connectivity index (χ1v) is 24.8. The van der Waals surface area contributed by atoms with Gasteiger partial charge in [0.15, 0.2) is 8.32 Å². The first-order valence-electron chi connectivity index (χ1n) is 21.9.